The molecule has 0 atom stereocenters. The van der Waals surface area contributed by atoms with Crippen molar-refractivity contribution in [2.24, 2.45) is 0 Å². The molecule has 0 saturated carbocycles. The molecule has 1 saturated heterocycles. The van der Waals surface area contributed by atoms with Crippen molar-refractivity contribution in [3.8, 4) is 10.4 Å². The fraction of sp³-hybridized carbons (Fsp3) is 0.450. The Morgan fingerprint density at radius 2 is 1.92 bits per heavy atom. The van der Waals surface area contributed by atoms with Crippen molar-refractivity contribution in [3.63, 3.8) is 0 Å². The normalized spacial score (nSPS) is 16.3. The lowest BCUT2D eigenvalue weighted by Gasteiger charge is -2.37. The predicted molar refractivity (Wildman–Crippen MR) is 103 cm³/mol. The van der Waals surface area contributed by atoms with Crippen molar-refractivity contribution < 1.29 is 14.3 Å². The smallest absolute Gasteiger partial charge is 0.317 e. The van der Waals surface area contributed by atoms with Gasteiger partial charge in [-0.1, -0.05) is 19.1 Å². The van der Waals surface area contributed by atoms with Gasteiger partial charge in [-0.25, -0.2) is 4.39 Å². The lowest BCUT2D eigenvalue weighted by Crippen LogP contribution is -2.46. The highest BCUT2D eigenvalue weighted by Gasteiger charge is 2.25. The second kappa shape index (κ2) is 8.75. The molecule has 26 heavy (non-hydrogen) atoms. The van der Waals surface area contributed by atoms with Gasteiger partial charge in [-0.05, 0) is 49.2 Å². The highest BCUT2D eigenvalue weighted by atomic mass is 32.1. The Bertz CT molecular complexity index is 724. The second-order valence-corrected chi connectivity index (χ2v) is 7.91. The standard InChI is InChI=1S/C20H25FN2O2S/c1-2-23(14-20(24)25)17-9-11-22(12-10-17)13-18-7-8-19(26-18)15-3-5-16(21)6-4-15/h3-8,17H,2,9-14H2,1H3,(H,24,25). The van der Waals surface area contributed by atoms with Crippen LogP contribution in [-0.2, 0) is 11.3 Å². The lowest BCUT2D eigenvalue weighted by molar-refractivity contribution is -0.139. The number of hydrogen-bond donors (Lipinski definition) is 1. The van der Waals surface area contributed by atoms with Gasteiger partial charge < -0.3 is 5.11 Å². The zero-order chi connectivity index (χ0) is 18.5. The van der Waals surface area contributed by atoms with Crippen LogP contribution in [-0.4, -0.2) is 53.1 Å². The third-order valence-electron chi connectivity index (χ3n) is 4.99. The number of piperidine rings is 1. The first-order chi connectivity index (χ1) is 12.5. The fourth-order valence-corrected chi connectivity index (χ4v) is 4.62. The molecule has 2 heterocycles. The van der Waals surface area contributed by atoms with Crippen LogP contribution in [0, 0.1) is 5.82 Å². The number of benzene rings is 1. The molecular weight excluding hydrogens is 351 g/mol. The largest absolute Gasteiger partial charge is 0.480 e. The van der Waals surface area contributed by atoms with E-state index in [1.807, 2.05) is 19.1 Å². The first kappa shape index (κ1) is 19.0. The second-order valence-electron chi connectivity index (χ2n) is 6.74. The van der Waals surface area contributed by atoms with Gasteiger partial charge >= 0.3 is 5.97 Å². The number of carboxylic acid groups (broad SMARTS) is 1. The van der Waals surface area contributed by atoms with E-state index in [0.717, 1.165) is 49.5 Å². The lowest BCUT2D eigenvalue weighted by atomic mass is 10.0. The number of likely N-dealkylation sites (tertiary alicyclic amines) is 1. The summed E-state index contributed by atoms with van der Waals surface area (Å²) >= 11 is 1.75. The minimum Gasteiger partial charge on any atom is -0.480 e. The molecule has 3 rings (SSSR count). The summed E-state index contributed by atoms with van der Waals surface area (Å²) in [7, 11) is 0. The van der Waals surface area contributed by atoms with Crippen molar-refractivity contribution in [2.45, 2.75) is 32.4 Å². The number of nitrogens with zero attached hydrogens (tertiary/aromatic N) is 2. The van der Waals surface area contributed by atoms with Gasteiger partial charge in [0, 0.05) is 35.4 Å². The summed E-state index contributed by atoms with van der Waals surface area (Å²) in [6, 6.07) is 11.2. The van der Waals surface area contributed by atoms with Gasteiger partial charge in [-0.2, -0.15) is 0 Å². The van der Waals surface area contributed by atoms with E-state index in [4.69, 9.17) is 5.11 Å². The van der Waals surface area contributed by atoms with Gasteiger partial charge in [0.05, 0.1) is 6.54 Å². The van der Waals surface area contributed by atoms with Crippen LogP contribution in [0.4, 0.5) is 4.39 Å². The van der Waals surface area contributed by atoms with Gasteiger partial charge in [0.15, 0.2) is 0 Å². The van der Waals surface area contributed by atoms with E-state index in [2.05, 4.69) is 21.9 Å². The molecule has 0 bridgehead atoms. The Kier molecular flexibility index (Phi) is 6.40. The molecule has 1 aromatic carbocycles. The molecule has 1 N–H and O–H groups in total. The Morgan fingerprint density at radius 1 is 1.23 bits per heavy atom. The zero-order valence-electron chi connectivity index (χ0n) is 15.0. The maximum absolute atomic E-state index is 13.1. The summed E-state index contributed by atoms with van der Waals surface area (Å²) in [6.07, 6.45) is 2.02. The summed E-state index contributed by atoms with van der Waals surface area (Å²) in [5.41, 5.74) is 1.05. The van der Waals surface area contributed by atoms with Gasteiger partial charge in [0.2, 0.25) is 0 Å². The van der Waals surface area contributed by atoms with E-state index >= 15 is 0 Å². The van der Waals surface area contributed by atoms with E-state index in [1.165, 1.54) is 17.0 Å². The summed E-state index contributed by atoms with van der Waals surface area (Å²) < 4.78 is 13.1. The predicted octanol–water partition coefficient (Wildman–Crippen LogP) is 3.93. The Morgan fingerprint density at radius 3 is 2.54 bits per heavy atom. The first-order valence-corrected chi connectivity index (χ1v) is 9.89. The number of halogens is 1. The Labute approximate surface area is 157 Å². The van der Waals surface area contributed by atoms with Crippen LogP contribution in [0.25, 0.3) is 10.4 Å². The molecule has 0 amide bonds. The zero-order valence-corrected chi connectivity index (χ0v) is 15.8. The van der Waals surface area contributed by atoms with E-state index in [9.17, 15) is 9.18 Å². The van der Waals surface area contributed by atoms with Crippen LogP contribution < -0.4 is 0 Å². The summed E-state index contributed by atoms with van der Waals surface area (Å²) in [6.45, 7) is 5.84. The average Bonchev–Trinajstić information content (AvgIpc) is 3.09. The maximum atomic E-state index is 13.1. The van der Waals surface area contributed by atoms with E-state index in [0.29, 0.717) is 6.04 Å². The minimum atomic E-state index is -0.749. The SMILES string of the molecule is CCN(CC(=O)O)C1CCN(Cc2ccc(-c3ccc(F)cc3)s2)CC1. The number of carbonyl (C=O) groups is 1. The van der Waals surface area contributed by atoms with Gasteiger partial charge in [0.1, 0.15) is 5.82 Å². The van der Waals surface area contributed by atoms with Crippen LogP contribution in [0.15, 0.2) is 36.4 Å². The first-order valence-electron chi connectivity index (χ1n) is 9.08. The van der Waals surface area contributed by atoms with E-state index < -0.39 is 5.97 Å². The van der Waals surface area contributed by atoms with E-state index in [1.54, 1.807) is 11.3 Å². The number of aliphatic carboxylic acids is 1. The molecule has 0 unspecified atom stereocenters. The molecular formula is C20H25FN2O2S. The quantitative estimate of drug-likeness (QED) is 0.795. The van der Waals surface area contributed by atoms with Crippen molar-refractivity contribution in [1.82, 2.24) is 9.80 Å². The van der Waals surface area contributed by atoms with Crippen LogP contribution in [0.3, 0.4) is 0 Å². The third-order valence-corrected chi connectivity index (χ3v) is 6.11. The molecule has 140 valence electrons. The van der Waals surface area contributed by atoms with Crippen molar-refractivity contribution in [2.75, 3.05) is 26.2 Å². The number of thiophene rings is 1. The monoisotopic (exact) mass is 376 g/mol. The number of hydrogen-bond acceptors (Lipinski definition) is 4. The van der Waals surface area contributed by atoms with Gasteiger partial charge in [-0.15, -0.1) is 11.3 Å². The maximum Gasteiger partial charge on any atom is 0.317 e. The number of rotatable bonds is 7. The molecule has 1 fully saturated rings. The molecule has 1 aromatic heterocycles. The van der Waals surface area contributed by atoms with Crippen LogP contribution in [0.5, 0.6) is 0 Å². The van der Waals surface area contributed by atoms with Gasteiger partial charge in [-0.3, -0.25) is 14.6 Å². The highest BCUT2D eigenvalue weighted by Crippen LogP contribution is 2.29. The fourth-order valence-electron chi connectivity index (χ4n) is 3.57. The molecule has 1 aliphatic heterocycles. The van der Waals surface area contributed by atoms with Crippen LogP contribution in [0.1, 0.15) is 24.6 Å². The van der Waals surface area contributed by atoms with E-state index in [-0.39, 0.29) is 12.4 Å². The number of carboxylic acids is 1. The molecule has 0 aliphatic carbocycles. The van der Waals surface area contributed by atoms with Crippen molar-refractivity contribution in [1.29, 1.82) is 0 Å². The van der Waals surface area contributed by atoms with Crippen LogP contribution in [0.2, 0.25) is 0 Å². The summed E-state index contributed by atoms with van der Waals surface area (Å²) in [5, 5.41) is 9.03. The summed E-state index contributed by atoms with van der Waals surface area (Å²) in [4.78, 5) is 18.0. The van der Waals surface area contributed by atoms with Crippen LogP contribution >= 0.6 is 11.3 Å². The number of likely N-dealkylation sites (N-methyl/N-ethyl adjacent to an activating group) is 1. The van der Waals surface area contributed by atoms with Crippen molar-refractivity contribution in [3.05, 3.63) is 47.1 Å². The minimum absolute atomic E-state index is 0.132. The molecule has 6 heteroatoms. The topological polar surface area (TPSA) is 43.8 Å². The molecule has 4 nitrogen and oxygen atoms in total. The highest BCUT2D eigenvalue weighted by molar-refractivity contribution is 7.15. The molecule has 0 radical (unpaired) electrons. The molecule has 1 aliphatic rings. The third kappa shape index (κ3) is 4.90. The Balaban J connectivity index is 1.53. The molecule has 2 aromatic rings. The summed E-state index contributed by atoms with van der Waals surface area (Å²) in [5.74, 6) is -0.960. The Hall–Kier alpha value is -1.76. The molecule has 0 spiro atoms. The van der Waals surface area contributed by atoms with Crippen molar-refractivity contribution >= 4 is 17.3 Å². The average molecular weight is 376 g/mol. The van der Waals surface area contributed by atoms with Gasteiger partial charge in [0.25, 0.3) is 0 Å².